The Morgan fingerprint density at radius 1 is 1.35 bits per heavy atom. The highest BCUT2D eigenvalue weighted by Crippen LogP contribution is 2.40. The summed E-state index contributed by atoms with van der Waals surface area (Å²) in [5.74, 6) is 2.33. The van der Waals surface area contributed by atoms with Crippen molar-refractivity contribution < 1.29 is 9.47 Å². The minimum atomic E-state index is -0.0628. The zero-order valence-corrected chi connectivity index (χ0v) is 13.3. The van der Waals surface area contributed by atoms with Crippen molar-refractivity contribution in [2.24, 2.45) is 0 Å². The molecule has 1 atom stereocenters. The maximum Gasteiger partial charge on any atom is 0.142 e. The first-order chi connectivity index (χ1) is 9.72. The molecular formula is C14H18BrN3O2. The van der Waals surface area contributed by atoms with Gasteiger partial charge in [0.25, 0.3) is 0 Å². The molecule has 0 aliphatic carbocycles. The lowest BCUT2D eigenvalue weighted by molar-refractivity contribution is 0.382. The molecule has 0 saturated heterocycles. The molecule has 0 bridgehead atoms. The second kappa shape index (κ2) is 6.76. The van der Waals surface area contributed by atoms with Gasteiger partial charge in [0.15, 0.2) is 0 Å². The molecule has 0 spiro atoms. The number of aromatic nitrogens is 2. The highest BCUT2D eigenvalue weighted by atomic mass is 79.9. The molecule has 1 unspecified atom stereocenters. The number of methoxy groups -OCH3 is 2. The Hall–Kier alpha value is -1.53. The lowest BCUT2D eigenvalue weighted by Gasteiger charge is -2.20. The van der Waals surface area contributed by atoms with Gasteiger partial charge in [0.2, 0.25) is 0 Å². The van der Waals surface area contributed by atoms with Crippen LogP contribution in [0.4, 0.5) is 0 Å². The molecule has 1 heterocycles. The maximum atomic E-state index is 5.54. The summed E-state index contributed by atoms with van der Waals surface area (Å²) in [6.45, 7) is 2.87. The first kappa shape index (κ1) is 14.9. The van der Waals surface area contributed by atoms with Crippen molar-refractivity contribution in [3.8, 4) is 11.5 Å². The summed E-state index contributed by atoms with van der Waals surface area (Å²) in [5.41, 5.74) is 0.997. The van der Waals surface area contributed by atoms with Gasteiger partial charge in [-0.1, -0.05) is 6.92 Å². The predicted octanol–water partition coefficient (Wildman–Crippen LogP) is 2.89. The van der Waals surface area contributed by atoms with Crippen molar-refractivity contribution in [3.05, 3.63) is 40.4 Å². The summed E-state index contributed by atoms with van der Waals surface area (Å²) in [4.78, 5) is 7.48. The van der Waals surface area contributed by atoms with Crippen molar-refractivity contribution in [2.45, 2.75) is 13.0 Å². The molecule has 2 aromatic rings. The van der Waals surface area contributed by atoms with Crippen LogP contribution in [0.1, 0.15) is 24.4 Å². The number of hydrogen-bond acceptors (Lipinski definition) is 4. The lowest BCUT2D eigenvalue weighted by Crippen LogP contribution is -2.23. The van der Waals surface area contributed by atoms with Gasteiger partial charge < -0.3 is 19.8 Å². The molecule has 20 heavy (non-hydrogen) atoms. The van der Waals surface area contributed by atoms with Crippen LogP contribution in [0.15, 0.2) is 29.0 Å². The number of rotatable bonds is 6. The third-order valence-corrected chi connectivity index (χ3v) is 3.78. The van der Waals surface area contributed by atoms with E-state index in [-0.39, 0.29) is 6.04 Å². The summed E-state index contributed by atoms with van der Waals surface area (Å²) in [5, 5.41) is 3.41. The van der Waals surface area contributed by atoms with E-state index in [2.05, 4.69) is 38.1 Å². The molecule has 0 amide bonds. The molecule has 1 aromatic heterocycles. The largest absolute Gasteiger partial charge is 0.495 e. The lowest BCUT2D eigenvalue weighted by atomic mass is 10.0. The van der Waals surface area contributed by atoms with E-state index in [1.54, 1.807) is 20.4 Å². The summed E-state index contributed by atoms with van der Waals surface area (Å²) in [7, 11) is 3.28. The van der Waals surface area contributed by atoms with Gasteiger partial charge in [-0.15, -0.1) is 0 Å². The third-order valence-electron chi connectivity index (χ3n) is 3.03. The van der Waals surface area contributed by atoms with Crippen LogP contribution in [-0.2, 0) is 0 Å². The van der Waals surface area contributed by atoms with Crippen LogP contribution in [-0.4, -0.2) is 30.7 Å². The van der Waals surface area contributed by atoms with Crippen molar-refractivity contribution in [2.75, 3.05) is 20.8 Å². The van der Waals surface area contributed by atoms with E-state index in [0.29, 0.717) is 0 Å². The second-order valence-corrected chi connectivity index (χ2v) is 4.96. The van der Waals surface area contributed by atoms with Crippen molar-refractivity contribution >= 4 is 15.9 Å². The topological polar surface area (TPSA) is 59.2 Å². The van der Waals surface area contributed by atoms with E-state index in [4.69, 9.17) is 9.47 Å². The van der Waals surface area contributed by atoms with Gasteiger partial charge in [-0.05, 0) is 34.6 Å². The van der Waals surface area contributed by atoms with Crippen LogP contribution in [0, 0.1) is 0 Å². The van der Waals surface area contributed by atoms with Gasteiger partial charge >= 0.3 is 0 Å². The fourth-order valence-electron chi connectivity index (χ4n) is 2.14. The maximum absolute atomic E-state index is 5.54. The number of nitrogens with zero attached hydrogens (tertiary/aromatic N) is 1. The van der Waals surface area contributed by atoms with Crippen LogP contribution in [0.3, 0.4) is 0 Å². The molecule has 108 valence electrons. The molecule has 2 N–H and O–H groups in total. The minimum Gasteiger partial charge on any atom is -0.495 e. The molecule has 0 radical (unpaired) electrons. The number of aromatic amines is 1. The normalized spacial score (nSPS) is 12.2. The molecule has 0 fully saturated rings. The van der Waals surface area contributed by atoms with Gasteiger partial charge in [0.1, 0.15) is 21.8 Å². The average Bonchev–Trinajstić information content (AvgIpc) is 2.98. The second-order valence-electron chi connectivity index (χ2n) is 4.17. The van der Waals surface area contributed by atoms with Crippen LogP contribution in [0.25, 0.3) is 0 Å². The van der Waals surface area contributed by atoms with Crippen LogP contribution in [0.2, 0.25) is 0 Å². The Bertz CT molecular complexity index is 558. The summed E-state index contributed by atoms with van der Waals surface area (Å²) in [6, 6.07) is 3.83. The van der Waals surface area contributed by atoms with E-state index in [0.717, 1.165) is 33.9 Å². The number of nitrogens with one attached hydrogen (secondary N) is 2. The monoisotopic (exact) mass is 339 g/mol. The van der Waals surface area contributed by atoms with Gasteiger partial charge in [-0.25, -0.2) is 4.98 Å². The molecule has 1 aromatic carbocycles. The Balaban J connectivity index is 2.51. The summed E-state index contributed by atoms with van der Waals surface area (Å²) < 4.78 is 11.6. The smallest absolute Gasteiger partial charge is 0.142 e. The highest BCUT2D eigenvalue weighted by molar-refractivity contribution is 9.10. The van der Waals surface area contributed by atoms with E-state index in [9.17, 15) is 0 Å². The molecule has 6 heteroatoms. The average molecular weight is 340 g/mol. The van der Waals surface area contributed by atoms with Crippen molar-refractivity contribution in [1.29, 1.82) is 0 Å². The van der Waals surface area contributed by atoms with E-state index < -0.39 is 0 Å². The zero-order chi connectivity index (χ0) is 14.5. The number of ether oxygens (including phenoxy) is 2. The molecular weight excluding hydrogens is 322 g/mol. The SMILES string of the molecule is CCNC(c1ncc[nH]1)c1ccc(OC)c(Br)c1OC. The molecule has 0 aliphatic rings. The molecule has 0 aliphatic heterocycles. The Morgan fingerprint density at radius 3 is 2.70 bits per heavy atom. The zero-order valence-electron chi connectivity index (χ0n) is 11.7. The first-order valence-electron chi connectivity index (χ1n) is 6.35. The fraction of sp³-hybridized carbons (Fsp3) is 0.357. The summed E-state index contributed by atoms with van der Waals surface area (Å²) >= 11 is 3.53. The van der Waals surface area contributed by atoms with Crippen molar-refractivity contribution in [3.63, 3.8) is 0 Å². The third kappa shape index (κ3) is 2.81. The number of H-pyrrole nitrogens is 1. The Kier molecular flexibility index (Phi) is 5.03. The van der Waals surface area contributed by atoms with Crippen molar-refractivity contribution in [1.82, 2.24) is 15.3 Å². The van der Waals surface area contributed by atoms with Crippen LogP contribution in [0.5, 0.6) is 11.5 Å². The van der Waals surface area contributed by atoms with Crippen LogP contribution >= 0.6 is 15.9 Å². The van der Waals surface area contributed by atoms with Gasteiger partial charge in [0.05, 0.1) is 20.3 Å². The van der Waals surface area contributed by atoms with Crippen LogP contribution < -0.4 is 14.8 Å². The standard InChI is InChI=1S/C14H18BrN3O2/c1-4-16-12(14-17-7-8-18-14)9-5-6-10(19-2)11(15)13(9)20-3/h5-8,12,16H,4H2,1-3H3,(H,17,18). The summed E-state index contributed by atoms with van der Waals surface area (Å²) in [6.07, 6.45) is 3.55. The predicted molar refractivity (Wildman–Crippen MR) is 81.4 cm³/mol. The quantitative estimate of drug-likeness (QED) is 0.849. The molecule has 0 saturated carbocycles. The molecule has 2 rings (SSSR count). The first-order valence-corrected chi connectivity index (χ1v) is 7.15. The van der Waals surface area contributed by atoms with Gasteiger partial charge in [-0.3, -0.25) is 0 Å². The fourth-order valence-corrected chi connectivity index (χ4v) is 2.82. The number of halogens is 1. The Morgan fingerprint density at radius 2 is 2.15 bits per heavy atom. The van der Waals surface area contributed by atoms with Gasteiger partial charge in [-0.2, -0.15) is 0 Å². The number of hydrogen-bond donors (Lipinski definition) is 2. The van der Waals surface area contributed by atoms with E-state index >= 15 is 0 Å². The highest BCUT2D eigenvalue weighted by Gasteiger charge is 2.22. The number of benzene rings is 1. The molecule has 5 nitrogen and oxygen atoms in total. The minimum absolute atomic E-state index is 0.0628. The van der Waals surface area contributed by atoms with E-state index in [1.807, 2.05) is 18.3 Å². The number of imidazole rings is 1. The van der Waals surface area contributed by atoms with E-state index in [1.165, 1.54) is 0 Å². The van der Waals surface area contributed by atoms with Gasteiger partial charge in [0, 0.05) is 18.0 Å². The Labute approximate surface area is 126 Å².